The van der Waals surface area contributed by atoms with Crippen LogP contribution in [0.2, 0.25) is 0 Å². The van der Waals surface area contributed by atoms with E-state index in [4.69, 9.17) is 0 Å². The van der Waals surface area contributed by atoms with Crippen LogP contribution in [0.4, 0.5) is 23.7 Å². The average molecular weight is 320 g/mol. The molecule has 2 amide bonds. The average Bonchev–Trinajstić information content (AvgIpc) is 3.29. The number of nitrogens with one attached hydrogen (secondary N) is 2. The van der Waals surface area contributed by atoms with Crippen molar-refractivity contribution in [1.29, 1.82) is 0 Å². The molecule has 0 atom stereocenters. The lowest BCUT2D eigenvalue weighted by molar-refractivity contribution is 0.247. The third kappa shape index (κ3) is 3.02. The van der Waals surface area contributed by atoms with E-state index in [2.05, 4.69) is 10.6 Å². The number of halogens is 3. The van der Waals surface area contributed by atoms with E-state index in [0.717, 1.165) is 36.1 Å². The van der Waals surface area contributed by atoms with Crippen LogP contribution in [0.1, 0.15) is 24.0 Å². The van der Waals surface area contributed by atoms with Gasteiger partial charge < -0.3 is 10.6 Å². The van der Waals surface area contributed by atoms with E-state index in [0.29, 0.717) is 0 Å². The molecule has 2 aromatic rings. The fourth-order valence-electron chi connectivity index (χ4n) is 2.48. The molecule has 0 unspecified atom stereocenters. The van der Waals surface area contributed by atoms with Gasteiger partial charge in [-0.05, 0) is 37.5 Å². The van der Waals surface area contributed by atoms with Crippen LogP contribution in [-0.2, 0) is 5.54 Å². The Hall–Kier alpha value is -2.50. The van der Waals surface area contributed by atoms with Gasteiger partial charge in [-0.2, -0.15) is 0 Å². The zero-order valence-electron chi connectivity index (χ0n) is 12.4. The van der Waals surface area contributed by atoms with Gasteiger partial charge in [0, 0.05) is 0 Å². The van der Waals surface area contributed by atoms with Gasteiger partial charge in [0.15, 0.2) is 17.5 Å². The normalized spacial score (nSPS) is 15.1. The first kappa shape index (κ1) is 15.4. The molecule has 120 valence electrons. The lowest BCUT2D eigenvalue weighted by Crippen LogP contribution is -2.38. The van der Waals surface area contributed by atoms with E-state index in [1.54, 1.807) is 0 Å². The standard InChI is InChI=1S/C17H15F3N2O/c1-10-2-4-11(5-3-10)17(8-9-17)22-16(23)21-13-7-6-12(18)14(19)15(13)20/h2-7H,8-9H2,1H3,(H2,21,22,23). The summed E-state index contributed by atoms with van der Waals surface area (Å²) in [4.78, 5) is 12.1. The Labute approximate surface area is 131 Å². The van der Waals surface area contributed by atoms with Gasteiger partial charge in [-0.25, -0.2) is 18.0 Å². The molecule has 2 N–H and O–H groups in total. The highest BCUT2D eigenvalue weighted by Crippen LogP contribution is 2.45. The molecule has 0 aromatic heterocycles. The zero-order valence-corrected chi connectivity index (χ0v) is 12.4. The molecule has 0 aliphatic heterocycles. The van der Waals surface area contributed by atoms with E-state index >= 15 is 0 Å². The predicted octanol–water partition coefficient (Wildman–Crippen LogP) is 4.22. The number of hydrogen-bond acceptors (Lipinski definition) is 1. The summed E-state index contributed by atoms with van der Waals surface area (Å²) in [5.41, 5.74) is 1.19. The maximum atomic E-state index is 13.6. The highest BCUT2D eigenvalue weighted by Gasteiger charge is 2.45. The topological polar surface area (TPSA) is 41.1 Å². The van der Waals surface area contributed by atoms with Gasteiger partial charge in [0.2, 0.25) is 0 Å². The molecule has 0 saturated heterocycles. The van der Waals surface area contributed by atoms with Gasteiger partial charge in [-0.3, -0.25) is 0 Å². The number of anilines is 1. The summed E-state index contributed by atoms with van der Waals surface area (Å²) in [6.07, 6.45) is 1.54. The van der Waals surface area contributed by atoms with Gasteiger partial charge in [0.1, 0.15) is 0 Å². The number of urea groups is 1. The van der Waals surface area contributed by atoms with Crippen LogP contribution < -0.4 is 10.6 Å². The lowest BCUT2D eigenvalue weighted by Gasteiger charge is -2.19. The maximum absolute atomic E-state index is 13.6. The molecule has 3 nitrogen and oxygen atoms in total. The summed E-state index contributed by atoms with van der Waals surface area (Å²) in [7, 11) is 0. The van der Waals surface area contributed by atoms with Crippen LogP contribution in [0.5, 0.6) is 0 Å². The summed E-state index contributed by atoms with van der Waals surface area (Å²) < 4.78 is 39.6. The van der Waals surface area contributed by atoms with E-state index in [1.165, 1.54) is 0 Å². The first-order valence-corrected chi connectivity index (χ1v) is 7.21. The number of rotatable bonds is 3. The Bertz CT molecular complexity index is 755. The van der Waals surface area contributed by atoms with Crippen LogP contribution in [0, 0.1) is 24.4 Å². The second-order valence-electron chi connectivity index (χ2n) is 5.75. The molecule has 0 spiro atoms. The molecule has 23 heavy (non-hydrogen) atoms. The second kappa shape index (κ2) is 5.61. The van der Waals surface area contributed by atoms with Crippen molar-refractivity contribution in [2.24, 2.45) is 0 Å². The van der Waals surface area contributed by atoms with Crippen LogP contribution in [-0.4, -0.2) is 6.03 Å². The van der Waals surface area contributed by atoms with Gasteiger partial charge in [0.05, 0.1) is 11.2 Å². The number of carbonyl (C=O) groups is 1. The Balaban J connectivity index is 1.73. The van der Waals surface area contributed by atoms with Crippen LogP contribution in [0.15, 0.2) is 36.4 Å². The minimum absolute atomic E-state index is 0.402. The van der Waals surface area contributed by atoms with Crippen molar-refractivity contribution in [3.05, 3.63) is 65.0 Å². The number of aryl methyl sites for hydroxylation is 1. The Morgan fingerprint density at radius 1 is 1.00 bits per heavy atom. The molecule has 3 rings (SSSR count). The highest BCUT2D eigenvalue weighted by molar-refractivity contribution is 5.90. The molecule has 0 radical (unpaired) electrons. The molecule has 0 bridgehead atoms. The van der Waals surface area contributed by atoms with Crippen LogP contribution >= 0.6 is 0 Å². The summed E-state index contributed by atoms with van der Waals surface area (Å²) in [6.45, 7) is 1.97. The van der Waals surface area contributed by atoms with Crippen molar-refractivity contribution in [3.8, 4) is 0 Å². The summed E-state index contributed by atoms with van der Waals surface area (Å²) in [5.74, 6) is -4.32. The summed E-state index contributed by atoms with van der Waals surface area (Å²) in [5, 5.41) is 5.00. The number of carbonyl (C=O) groups excluding carboxylic acids is 1. The maximum Gasteiger partial charge on any atom is 0.320 e. The Morgan fingerprint density at radius 2 is 1.65 bits per heavy atom. The Kier molecular flexibility index (Phi) is 3.75. The summed E-state index contributed by atoms with van der Waals surface area (Å²) >= 11 is 0. The van der Waals surface area contributed by atoms with Gasteiger partial charge in [0.25, 0.3) is 0 Å². The smallest absolute Gasteiger partial charge is 0.320 e. The SMILES string of the molecule is Cc1ccc(C2(NC(=O)Nc3ccc(F)c(F)c3F)CC2)cc1. The van der Waals surface area contributed by atoms with Gasteiger partial charge in [-0.15, -0.1) is 0 Å². The zero-order chi connectivity index (χ0) is 16.6. The molecular weight excluding hydrogens is 305 g/mol. The highest BCUT2D eigenvalue weighted by atomic mass is 19.2. The van der Waals surface area contributed by atoms with Crippen molar-refractivity contribution in [1.82, 2.24) is 5.32 Å². The third-order valence-electron chi connectivity index (χ3n) is 3.99. The van der Waals surface area contributed by atoms with Crippen molar-refractivity contribution in [2.45, 2.75) is 25.3 Å². The number of benzene rings is 2. The lowest BCUT2D eigenvalue weighted by atomic mass is 10.0. The monoisotopic (exact) mass is 320 g/mol. The van der Waals surface area contributed by atoms with Gasteiger partial charge >= 0.3 is 6.03 Å². The molecule has 1 fully saturated rings. The quantitative estimate of drug-likeness (QED) is 0.817. The number of amides is 2. The largest absolute Gasteiger partial charge is 0.328 e. The second-order valence-corrected chi connectivity index (χ2v) is 5.75. The molecule has 2 aromatic carbocycles. The molecule has 6 heteroatoms. The van der Waals surface area contributed by atoms with Crippen LogP contribution in [0.25, 0.3) is 0 Å². The van der Waals surface area contributed by atoms with E-state index in [1.807, 2.05) is 31.2 Å². The van der Waals surface area contributed by atoms with E-state index < -0.39 is 34.7 Å². The molecular formula is C17H15F3N2O. The predicted molar refractivity (Wildman–Crippen MR) is 80.6 cm³/mol. The fourth-order valence-corrected chi connectivity index (χ4v) is 2.48. The molecule has 0 heterocycles. The van der Waals surface area contributed by atoms with Crippen molar-refractivity contribution >= 4 is 11.7 Å². The Morgan fingerprint density at radius 3 is 2.26 bits per heavy atom. The fraction of sp³-hybridized carbons (Fsp3) is 0.235. The van der Waals surface area contributed by atoms with Crippen LogP contribution in [0.3, 0.4) is 0 Å². The minimum atomic E-state index is -1.61. The van der Waals surface area contributed by atoms with Crippen molar-refractivity contribution in [2.75, 3.05) is 5.32 Å². The van der Waals surface area contributed by atoms with Crippen molar-refractivity contribution in [3.63, 3.8) is 0 Å². The van der Waals surface area contributed by atoms with Gasteiger partial charge in [-0.1, -0.05) is 29.8 Å². The first-order valence-electron chi connectivity index (χ1n) is 7.21. The molecule has 1 aliphatic rings. The minimum Gasteiger partial charge on any atom is -0.328 e. The molecule has 1 aliphatic carbocycles. The van der Waals surface area contributed by atoms with E-state index in [-0.39, 0.29) is 0 Å². The third-order valence-corrected chi connectivity index (χ3v) is 3.99. The first-order chi connectivity index (χ1) is 10.9. The number of hydrogen-bond donors (Lipinski definition) is 2. The summed E-state index contributed by atoms with van der Waals surface area (Å²) in [6, 6.07) is 8.85. The van der Waals surface area contributed by atoms with Crippen molar-refractivity contribution < 1.29 is 18.0 Å². The molecule has 1 saturated carbocycles. The van der Waals surface area contributed by atoms with E-state index in [9.17, 15) is 18.0 Å².